The minimum atomic E-state index is -4.51. The summed E-state index contributed by atoms with van der Waals surface area (Å²) in [6.07, 6.45) is -9.83. The van der Waals surface area contributed by atoms with Crippen LogP contribution in [0.3, 0.4) is 0 Å². The molecule has 0 spiro atoms. The molecule has 0 saturated carbocycles. The summed E-state index contributed by atoms with van der Waals surface area (Å²) in [4.78, 5) is 0. The van der Waals surface area contributed by atoms with Crippen LogP contribution in [-0.2, 0) is 0 Å². The predicted octanol–water partition coefficient (Wildman–Crippen LogP) is 5.09. The lowest BCUT2D eigenvalue weighted by Crippen LogP contribution is -2.21. The van der Waals surface area contributed by atoms with E-state index < -0.39 is 31.1 Å². The van der Waals surface area contributed by atoms with Crippen molar-refractivity contribution in [3.8, 4) is 0 Å². The fraction of sp³-hybridized carbons (Fsp3) is 1.00. The second-order valence-corrected chi connectivity index (χ2v) is 4.00. The minimum absolute atomic E-state index is 0.00708. The molecular weight excluding hydrogens is 234 g/mol. The van der Waals surface area contributed by atoms with Crippen LogP contribution in [0.1, 0.15) is 45.4 Å². The van der Waals surface area contributed by atoms with Crippen LogP contribution in [0.15, 0.2) is 0 Å². The Morgan fingerprint density at radius 1 is 0.812 bits per heavy atom. The van der Waals surface area contributed by atoms with Gasteiger partial charge in [-0.05, 0) is 12.3 Å². The number of rotatable bonds is 6. The zero-order valence-corrected chi connectivity index (χ0v) is 9.09. The van der Waals surface area contributed by atoms with E-state index in [-0.39, 0.29) is 6.42 Å². The first kappa shape index (κ1) is 15.6. The van der Waals surface area contributed by atoms with E-state index in [0.29, 0.717) is 12.8 Å². The van der Waals surface area contributed by atoms with Gasteiger partial charge in [-0.25, -0.2) is 0 Å². The van der Waals surface area contributed by atoms with Gasteiger partial charge in [0, 0.05) is 12.8 Å². The summed E-state index contributed by atoms with van der Waals surface area (Å²) in [6.45, 7) is 1.85. The van der Waals surface area contributed by atoms with Crippen LogP contribution in [0.5, 0.6) is 0 Å². The third-order valence-corrected chi connectivity index (χ3v) is 2.26. The average molecular weight is 250 g/mol. The molecule has 0 unspecified atom stereocenters. The third-order valence-electron chi connectivity index (χ3n) is 2.26. The van der Waals surface area contributed by atoms with Crippen molar-refractivity contribution in [2.45, 2.75) is 57.8 Å². The molecule has 0 aromatic carbocycles. The maximum Gasteiger partial charge on any atom is 0.389 e. The summed E-state index contributed by atoms with van der Waals surface area (Å²) in [5.74, 6) is -1.33. The van der Waals surface area contributed by atoms with E-state index >= 15 is 0 Å². The van der Waals surface area contributed by atoms with Crippen LogP contribution in [0, 0.1) is 5.92 Å². The third kappa shape index (κ3) is 10.1. The molecule has 0 heterocycles. The SMILES string of the molecule is CCCCCC(CC(F)(F)F)CC(F)(F)F. The Hall–Kier alpha value is -0.420. The highest BCUT2D eigenvalue weighted by molar-refractivity contribution is 4.68. The van der Waals surface area contributed by atoms with Gasteiger partial charge >= 0.3 is 12.4 Å². The Kier molecular flexibility index (Phi) is 6.18. The second kappa shape index (κ2) is 6.35. The predicted molar refractivity (Wildman–Crippen MR) is 49.0 cm³/mol. The summed E-state index contributed by atoms with van der Waals surface area (Å²) in [5, 5.41) is 0. The molecule has 0 aliphatic rings. The Labute approximate surface area is 91.0 Å². The number of unbranched alkanes of at least 4 members (excludes halogenated alkanes) is 2. The smallest absolute Gasteiger partial charge is 0.171 e. The van der Waals surface area contributed by atoms with Gasteiger partial charge in [0.25, 0.3) is 0 Å². The molecule has 0 rings (SSSR count). The molecule has 0 aromatic heterocycles. The summed E-state index contributed by atoms with van der Waals surface area (Å²) < 4.78 is 72.1. The van der Waals surface area contributed by atoms with E-state index in [1.165, 1.54) is 0 Å². The zero-order valence-electron chi connectivity index (χ0n) is 9.09. The quantitative estimate of drug-likeness (QED) is 0.455. The molecule has 0 atom stereocenters. The van der Waals surface area contributed by atoms with Gasteiger partial charge in [-0.1, -0.05) is 26.2 Å². The molecule has 0 saturated heterocycles. The van der Waals surface area contributed by atoms with Crippen LogP contribution >= 0.6 is 0 Å². The van der Waals surface area contributed by atoms with Gasteiger partial charge in [0.15, 0.2) is 0 Å². The molecule has 0 aromatic rings. The standard InChI is InChI=1S/C10H16F6/c1-2-3-4-5-8(6-9(11,12)13)7-10(14,15)16/h8H,2-7H2,1H3. The van der Waals surface area contributed by atoms with Crippen molar-refractivity contribution < 1.29 is 26.3 Å². The van der Waals surface area contributed by atoms with E-state index in [4.69, 9.17) is 0 Å². The Morgan fingerprint density at radius 2 is 1.25 bits per heavy atom. The van der Waals surface area contributed by atoms with Gasteiger partial charge in [0.05, 0.1) is 0 Å². The lowest BCUT2D eigenvalue weighted by atomic mass is 9.94. The molecule has 0 amide bonds. The van der Waals surface area contributed by atoms with Gasteiger partial charge in [0.2, 0.25) is 0 Å². The molecule has 0 fully saturated rings. The number of halogens is 6. The molecule has 0 bridgehead atoms. The molecule has 6 heteroatoms. The minimum Gasteiger partial charge on any atom is -0.171 e. The first-order chi connectivity index (χ1) is 7.14. The lowest BCUT2D eigenvalue weighted by Gasteiger charge is -2.19. The van der Waals surface area contributed by atoms with Crippen LogP contribution in [0.2, 0.25) is 0 Å². The Balaban J connectivity index is 4.17. The molecule has 16 heavy (non-hydrogen) atoms. The normalized spacial score (nSPS) is 13.5. The highest BCUT2D eigenvalue weighted by Crippen LogP contribution is 2.35. The summed E-state index contributed by atoms with van der Waals surface area (Å²) in [6, 6.07) is 0. The first-order valence-electron chi connectivity index (χ1n) is 5.27. The van der Waals surface area contributed by atoms with E-state index in [2.05, 4.69) is 0 Å². The van der Waals surface area contributed by atoms with Crippen molar-refractivity contribution >= 4 is 0 Å². The molecule has 0 N–H and O–H groups in total. The highest BCUT2D eigenvalue weighted by atomic mass is 19.4. The fourth-order valence-electron chi connectivity index (χ4n) is 1.61. The van der Waals surface area contributed by atoms with Gasteiger partial charge in [-0.15, -0.1) is 0 Å². The topological polar surface area (TPSA) is 0 Å². The highest BCUT2D eigenvalue weighted by Gasteiger charge is 2.38. The summed E-state index contributed by atoms with van der Waals surface area (Å²) in [5.41, 5.74) is 0. The summed E-state index contributed by atoms with van der Waals surface area (Å²) >= 11 is 0. The van der Waals surface area contributed by atoms with E-state index in [1.54, 1.807) is 0 Å². The molecule has 0 aliphatic carbocycles. The molecule has 0 radical (unpaired) electrons. The van der Waals surface area contributed by atoms with Crippen LogP contribution < -0.4 is 0 Å². The van der Waals surface area contributed by atoms with Gasteiger partial charge in [-0.3, -0.25) is 0 Å². The monoisotopic (exact) mass is 250 g/mol. The molecule has 0 nitrogen and oxygen atoms in total. The number of hydrogen-bond donors (Lipinski definition) is 0. The van der Waals surface area contributed by atoms with Crippen molar-refractivity contribution in [3.63, 3.8) is 0 Å². The fourth-order valence-corrected chi connectivity index (χ4v) is 1.61. The van der Waals surface area contributed by atoms with E-state index in [1.807, 2.05) is 6.92 Å². The maximum absolute atomic E-state index is 12.0. The van der Waals surface area contributed by atoms with Gasteiger partial charge < -0.3 is 0 Å². The van der Waals surface area contributed by atoms with Gasteiger partial charge in [0.1, 0.15) is 0 Å². The molecule has 0 aliphatic heterocycles. The van der Waals surface area contributed by atoms with Crippen molar-refractivity contribution in [1.82, 2.24) is 0 Å². The van der Waals surface area contributed by atoms with E-state index in [9.17, 15) is 26.3 Å². The average Bonchev–Trinajstić information content (AvgIpc) is 1.97. The number of alkyl halides is 6. The van der Waals surface area contributed by atoms with Crippen molar-refractivity contribution in [2.24, 2.45) is 5.92 Å². The van der Waals surface area contributed by atoms with Crippen LogP contribution in [0.25, 0.3) is 0 Å². The largest absolute Gasteiger partial charge is 0.389 e. The first-order valence-corrected chi connectivity index (χ1v) is 5.27. The lowest BCUT2D eigenvalue weighted by molar-refractivity contribution is -0.173. The van der Waals surface area contributed by atoms with Crippen molar-refractivity contribution in [3.05, 3.63) is 0 Å². The van der Waals surface area contributed by atoms with E-state index in [0.717, 1.165) is 6.42 Å². The molecule has 98 valence electrons. The zero-order chi connectivity index (χ0) is 12.8. The Bertz CT molecular complexity index is 165. The van der Waals surface area contributed by atoms with Crippen LogP contribution in [0.4, 0.5) is 26.3 Å². The second-order valence-electron chi connectivity index (χ2n) is 4.00. The van der Waals surface area contributed by atoms with Gasteiger partial charge in [-0.2, -0.15) is 26.3 Å². The van der Waals surface area contributed by atoms with Crippen molar-refractivity contribution in [1.29, 1.82) is 0 Å². The molecular formula is C10H16F6. The maximum atomic E-state index is 12.0. The van der Waals surface area contributed by atoms with Crippen molar-refractivity contribution in [2.75, 3.05) is 0 Å². The Morgan fingerprint density at radius 3 is 1.56 bits per heavy atom. The summed E-state index contributed by atoms with van der Waals surface area (Å²) in [7, 11) is 0. The van der Waals surface area contributed by atoms with Crippen LogP contribution in [-0.4, -0.2) is 12.4 Å². The number of hydrogen-bond acceptors (Lipinski definition) is 0.